The van der Waals surface area contributed by atoms with E-state index < -0.39 is 5.97 Å². The SMILES string of the molecule is Nc1cc(C(=O)O)ccc1N1CCOC2CCCC21. The maximum atomic E-state index is 10.9. The van der Waals surface area contributed by atoms with E-state index in [0.717, 1.165) is 25.1 Å². The number of fused-ring (bicyclic) bond motifs is 1. The predicted octanol–water partition coefficient (Wildman–Crippen LogP) is 1.72. The second-order valence-corrected chi connectivity index (χ2v) is 5.18. The summed E-state index contributed by atoms with van der Waals surface area (Å²) in [6, 6.07) is 5.36. The number of rotatable bonds is 2. The molecular weight excluding hydrogens is 244 g/mol. The molecule has 1 saturated carbocycles. The van der Waals surface area contributed by atoms with Gasteiger partial charge in [0.2, 0.25) is 0 Å². The van der Waals surface area contributed by atoms with Crippen LogP contribution < -0.4 is 10.6 Å². The van der Waals surface area contributed by atoms with E-state index in [0.29, 0.717) is 24.4 Å². The van der Waals surface area contributed by atoms with Crippen molar-refractivity contribution in [2.75, 3.05) is 23.8 Å². The van der Waals surface area contributed by atoms with E-state index in [2.05, 4.69) is 4.90 Å². The van der Waals surface area contributed by atoms with E-state index in [1.165, 1.54) is 12.5 Å². The third kappa shape index (κ3) is 2.14. The van der Waals surface area contributed by atoms with Crippen molar-refractivity contribution in [1.29, 1.82) is 0 Å². The highest BCUT2D eigenvalue weighted by molar-refractivity contribution is 5.90. The highest BCUT2D eigenvalue weighted by Crippen LogP contribution is 2.35. The van der Waals surface area contributed by atoms with Gasteiger partial charge in [-0.1, -0.05) is 0 Å². The number of ether oxygens (including phenoxy) is 1. The van der Waals surface area contributed by atoms with Crippen LogP contribution in [0.3, 0.4) is 0 Å². The van der Waals surface area contributed by atoms with E-state index in [4.69, 9.17) is 15.6 Å². The zero-order chi connectivity index (χ0) is 13.4. The molecule has 0 radical (unpaired) electrons. The van der Waals surface area contributed by atoms with E-state index in [1.54, 1.807) is 6.07 Å². The number of anilines is 2. The molecule has 1 heterocycles. The van der Waals surface area contributed by atoms with Gasteiger partial charge in [0.05, 0.1) is 35.7 Å². The lowest BCUT2D eigenvalue weighted by atomic mass is 10.1. The first-order valence-corrected chi connectivity index (χ1v) is 6.68. The van der Waals surface area contributed by atoms with Crippen LogP contribution in [0.5, 0.6) is 0 Å². The normalized spacial score (nSPS) is 26.2. The van der Waals surface area contributed by atoms with Gasteiger partial charge >= 0.3 is 5.97 Å². The van der Waals surface area contributed by atoms with Gasteiger partial charge in [-0.25, -0.2) is 4.79 Å². The van der Waals surface area contributed by atoms with Crippen molar-refractivity contribution in [1.82, 2.24) is 0 Å². The fourth-order valence-corrected chi connectivity index (χ4v) is 3.17. The van der Waals surface area contributed by atoms with E-state index >= 15 is 0 Å². The Morgan fingerprint density at radius 2 is 2.26 bits per heavy atom. The lowest BCUT2D eigenvalue weighted by Crippen LogP contribution is -2.48. The highest BCUT2D eigenvalue weighted by atomic mass is 16.5. The van der Waals surface area contributed by atoms with Crippen molar-refractivity contribution in [3.05, 3.63) is 23.8 Å². The molecule has 0 aromatic heterocycles. The molecule has 102 valence electrons. The minimum atomic E-state index is -0.945. The fourth-order valence-electron chi connectivity index (χ4n) is 3.17. The first-order valence-electron chi connectivity index (χ1n) is 6.68. The van der Waals surface area contributed by atoms with Crippen molar-refractivity contribution in [3.8, 4) is 0 Å². The molecule has 1 saturated heterocycles. The van der Waals surface area contributed by atoms with Crippen LogP contribution in [0.15, 0.2) is 18.2 Å². The van der Waals surface area contributed by atoms with Gasteiger partial charge in [0.1, 0.15) is 0 Å². The smallest absolute Gasteiger partial charge is 0.335 e. The molecular formula is C14H18N2O3. The van der Waals surface area contributed by atoms with Gasteiger partial charge in [0, 0.05) is 6.54 Å². The van der Waals surface area contributed by atoms with Crippen LogP contribution in [-0.4, -0.2) is 36.4 Å². The zero-order valence-corrected chi connectivity index (χ0v) is 10.7. The predicted molar refractivity (Wildman–Crippen MR) is 72.5 cm³/mol. The molecule has 0 spiro atoms. The van der Waals surface area contributed by atoms with Crippen LogP contribution in [-0.2, 0) is 4.74 Å². The Balaban J connectivity index is 1.90. The van der Waals surface area contributed by atoms with Gasteiger partial charge in [-0.3, -0.25) is 0 Å². The van der Waals surface area contributed by atoms with Crippen molar-refractivity contribution in [2.45, 2.75) is 31.4 Å². The summed E-state index contributed by atoms with van der Waals surface area (Å²) in [7, 11) is 0. The number of morpholine rings is 1. The topological polar surface area (TPSA) is 75.8 Å². The van der Waals surface area contributed by atoms with Crippen LogP contribution in [0, 0.1) is 0 Å². The monoisotopic (exact) mass is 262 g/mol. The van der Waals surface area contributed by atoms with Crippen LogP contribution >= 0.6 is 0 Å². The average Bonchev–Trinajstić information content (AvgIpc) is 2.86. The van der Waals surface area contributed by atoms with E-state index in [1.807, 2.05) is 6.07 Å². The van der Waals surface area contributed by atoms with Crippen LogP contribution in [0.2, 0.25) is 0 Å². The summed E-state index contributed by atoms with van der Waals surface area (Å²) in [4.78, 5) is 13.2. The van der Waals surface area contributed by atoms with E-state index in [-0.39, 0.29) is 5.56 Å². The van der Waals surface area contributed by atoms with Crippen molar-refractivity contribution < 1.29 is 14.6 Å². The van der Waals surface area contributed by atoms with Gasteiger partial charge in [-0.15, -0.1) is 0 Å². The molecule has 2 aliphatic rings. The average molecular weight is 262 g/mol. The van der Waals surface area contributed by atoms with Gasteiger partial charge in [-0.2, -0.15) is 0 Å². The number of nitrogens with zero attached hydrogens (tertiary/aromatic N) is 1. The maximum absolute atomic E-state index is 10.9. The number of carbonyl (C=O) groups is 1. The van der Waals surface area contributed by atoms with Crippen molar-refractivity contribution in [2.24, 2.45) is 0 Å². The number of hydrogen-bond donors (Lipinski definition) is 2. The minimum absolute atomic E-state index is 0.234. The molecule has 0 amide bonds. The molecule has 1 aromatic carbocycles. The molecule has 3 rings (SSSR count). The van der Waals surface area contributed by atoms with Gasteiger partial charge in [-0.05, 0) is 37.5 Å². The molecule has 5 heteroatoms. The standard InChI is InChI=1S/C14H18N2O3/c15-10-8-9(14(17)18)4-5-11(10)16-6-7-19-13-3-1-2-12(13)16/h4-5,8,12-13H,1-3,6-7,15H2,(H,17,18). The fraction of sp³-hybridized carbons (Fsp3) is 0.500. The van der Waals surface area contributed by atoms with Crippen LogP contribution in [0.25, 0.3) is 0 Å². The third-order valence-corrected chi connectivity index (χ3v) is 4.07. The summed E-state index contributed by atoms with van der Waals surface area (Å²) in [6.45, 7) is 1.53. The number of nitrogens with two attached hydrogens (primary N) is 1. The first-order chi connectivity index (χ1) is 9.16. The third-order valence-electron chi connectivity index (χ3n) is 4.07. The number of carboxylic acids is 1. The molecule has 2 fully saturated rings. The van der Waals surface area contributed by atoms with E-state index in [9.17, 15) is 4.79 Å². The molecule has 1 aliphatic heterocycles. The first kappa shape index (κ1) is 12.3. The molecule has 1 aromatic rings. The molecule has 3 N–H and O–H groups in total. The lowest BCUT2D eigenvalue weighted by molar-refractivity contribution is 0.0257. The second kappa shape index (κ2) is 4.74. The summed E-state index contributed by atoms with van der Waals surface area (Å²) in [5.41, 5.74) is 7.73. The number of hydrogen-bond acceptors (Lipinski definition) is 4. The van der Waals surface area contributed by atoms with Gasteiger partial charge in [0.25, 0.3) is 0 Å². The minimum Gasteiger partial charge on any atom is -0.478 e. The summed E-state index contributed by atoms with van der Waals surface area (Å²) in [6.07, 6.45) is 3.70. The van der Waals surface area contributed by atoms with Crippen molar-refractivity contribution in [3.63, 3.8) is 0 Å². The Kier molecular flexibility index (Phi) is 3.06. The Morgan fingerprint density at radius 3 is 3.00 bits per heavy atom. The Bertz CT molecular complexity index is 503. The summed E-state index contributed by atoms with van der Waals surface area (Å²) >= 11 is 0. The Hall–Kier alpha value is -1.75. The van der Waals surface area contributed by atoms with Gasteiger partial charge < -0.3 is 20.5 Å². The lowest BCUT2D eigenvalue weighted by Gasteiger charge is -2.39. The largest absolute Gasteiger partial charge is 0.478 e. The Labute approximate surface area is 112 Å². The summed E-state index contributed by atoms with van der Waals surface area (Å²) in [5.74, 6) is -0.945. The number of carboxylic acid groups (broad SMARTS) is 1. The molecule has 2 unspecified atom stereocenters. The Morgan fingerprint density at radius 1 is 1.42 bits per heavy atom. The quantitative estimate of drug-likeness (QED) is 0.794. The molecule has 19 heavy (non-hydrogen) atoms. The number of nitrogen functional groups attached to an aromatic ring is 1. The molecule has 0 bridgehead atoms. The van der Waals surface area contributed by atoms with Crippen LogP contribution in [0.1, 0.15) is 29.6 Å². The van der Waals surface area contributed by atoms with Crippen molar-refractivity contribution >= 4 is 17.3 Å². The maximum Gasteiger partial charge on any atom is 0.335 e. The van der Waals surface area contributed by atoms with Crippen LogP contribution in [0.4, 0.5) is 11.4 Å². The summed E-state index contributed by atoms with van der Waals surface area (Å²) < 4.78 is 5.78. The highest BCUT2D eigenvalue weighted by Gasteiger charge is 2.36. The van der Waals surface area contributed by atoms with Gasteiger partial charge in [0.15, 0.2) is 0 Å². The zero-order valence-electron chi connectivity index (χ0n) is 10.7. The molecule has 1 aliphatic carbocycles. The second-order valence-electron chi connectivity index (χ2n) is 5.18. The summed E-state index contributed by atoms with van der Waals surface area (Å²) in [5, 5.41) is 8.97. The number of aromatic carboxylic acids is 1. The number of benzene rings is 1. The molecule has 5 nitrogen and oxygen atoms in total. The molecule has 2 atom stereocenters.